The molecule has 0 fully saturated rings. The van der Waals surface area contributed by atoms with E-state index >= 15 is 0 Å². The lowest BCUT2D eigenvalue weighted by atomic mass is 10.2. The van der Waals surface area contributed by atoms with Gasteiger partial charge >= 0.3 is 5.97 Å². The van der Waals surface area contributed by atoms with Crippen LogP contribution in [0.15, 0.2) is 47.4 Å². The molecule has 0 saturated carbocycles. The molecule has 0 heterocycles. The van der Waals surface area contributed by atoms with Gasteiger partial charge in [0.05, 0.1) is 5.56 Å². The summed E-state index contributed by atoms with van der Waals surface area (Å²) in [5, 5.41) is 8.82. The highest BCUT2D eigenvalue weighted by Crippen LogP contribution is 2.20. The molecule has 21 heavy (non-hydrogen) atoms. The van der Waals surface area contributed by atoms with Gasteiger partial charge in [0.25, 0.3) is 10.0 Å². The quantitative estimate of drug-likeness (QED) is 0.908. The molecule has 0 aliphatic rings. The Hall–Kier alpha value is -2.48. The third-order valence-corrected chi connectivity index (χ3v) is 3.94. The third-order valence-electron chi connectivity index (χ3n) is 2.54. The van der Waals surface area contributed by atoms with Crippen LogP contribution in [0.5, 0.6) is 0 Å². The molecule has 2 aromatic carbocycles. The van der Waals surface area contributed by atoms with Gasteiger partial charge in [-0.05, 0) is 36.4 Å². The van der Waals surface area contributed by atoms with Gasteiger partial charge in [0.1, 0.15) is 16.5 Å². The Morgan fingerprint density at radius 3 is 2.48 bits per heavy atom. The molecule has 0 saturated heterocycles. The summed E-state index contributed by atoms with van der Waals surface area (Å²) in [6.45, 7) is 0. The second-order valence-electron chi connectivity index (χ2n) is 4.07. The SMILES string of the molecule is O=C(O)c1cccc(NS(=O)(=O)c2cc(F)ccc2F)c1. The van der Waals surface area contributed by atoms with Crippen molar-refractivity contribution in [3.8, 4) is 0 Å². The van der Waals surface area contributed by atoms with Gasteiger partial charge in [-0.3, -0.25) is 4.72 Å². The smallest absolute Gasteiger partial charge is 0.335 e. The molecule has 0 unspecified atom stereocenters. The zero-order valence-electron chi connectivity index (χ0n) is 10.4. The Balaban J connectivity index is 2.40. The molecule has 0 amide bonds. The molecule has 0 aliphatic heterocycles. The van der Waals surface area contributed by atoms with Gasteiger partial charge in [0.2, 0.25) is 0 Å². The number of hydrogen-bond donors (Lipinski definition) is 2. The topological polar surface area (TPSA) is 83.5 Å². The fraction of sp³-hybridized carbons (Fsp3) is 0. The lowest BCUT2D eigenvalue weighted by Gasteiger charge is -2.09. The summed E-state index contributed by atoms with van der Waals surface area (Å²) in [5.41, 5.74) is -0.214. The van der Waals surface area contributed by atoms with E-state index in [1.54, 1.807) is 0 Å². The van der Waals surface area contributed by atoms with Crippen molar-refractivity contribution in [1.82, 2.24) is 0 Å². The Morgan fingerprint density at radius 1 is 1.10 bits per heavy atom. The van der Waals surface area contributed by atoms with Crippen molar-refractivity contribution in [2.75, 3.05) is 4.72 Å². The highest BCUT2D eigenvalue weighted by atomic mass is 32.2. The van der Waals surface area contributed by atoms with Gasteiger partial charge in [-0.25, -0.2) is 22.0 Å². The number of carbonyl (C=O) groups is 1. The van der Waals surface area contributed by atoms with Crippen molar-refractivity contribution in [1.29, 1.82) is 0 Å². The van der Waals surface area contributed by atoms with Gasteiger partial charge in [-0.15, -0.1) is 0 Å². The minimum atomic E-state index is -4.37. The Bertz CT molecular complexity index is 806. The first-order chi connectivity index (χ1) is 9.79. The average molecular weight is 313 g/mol. The molecule has 0 bridgehead atoms. The second kappa shape index (κ2) is 5.49. The summed E-state index contributed by atoms with van der Waals surface area (Å²) in [5.74, 6) is -3.26. The van der Waals surface area contributed by atoms with Gasteiger partial charge < -0.3 is 5.11 Å². The molecule has 2 aromatic rings. The van der Waals surface area contributed by atoms with Crippen LogP contribution < -0.4 is 4.72 Å². The summed E-state index contributed by atoms with van der Waals surface area (Å²) >= 11 is 0. The predicted molar refractivity (Wildman–Crippen MR) is 70.6 cm³/mol. The predicted octanol–water partition coefficient (Wildman–Crippen LogP) is 2.46. The van der Waals surface area contributed by atoms with Crippen LogP contribution in [-0.2, 0) is 10.0 Å². The van der Waals surface area contributed by atoms with Crippen LogP contribution >= 0.6 is 0 Å². The highest BCUT2D eigenvalue weighted by molar-refractivity contribution is 7.92. The van der Waals surface area contributed by atoms with E-state index in [1.807, 2.05) is 4.72 Å². The van der Waals surface area contributed by atoms with E-state index < -0.39 is 32.5 Å². The number of nitrogens with one attached hydrogen (secondary N) is 1. The van der Waals surface area contributed by atoms with Crippen molar-refractivity contribution in [2.45, 2.75) is 4.90 Å². The number of carboxylic acid groups (broad SMARTS) is 1. The van der Waals surface area contributed by atoms with Crippen LogP contribution in [-0.4, -0.2) is 19.5 Å². The molecule has 0 atom stereocenters. The summed E-state index contributed by atoms with van der Waals surface area (Å²) in [6.07, 6.45) is 0. The van der Waals surface area contributed by atoms with E-state index in [-0.39, 0.29) is 11.3 Å². The molecule has 0 aromatic heterocycles. The van der Waals surface area contributed by atoms with Crippen LogP contribution in [0.25, 0.3) is 0 Å². The number of anilines is 1. The van der Waals surface area contributed by atoms with E-state index in [2.05, 4.69) is 0 Å². The fourth-order valence-electron chi connectivity index (χ4n) is 1.61. The first-order valence-corrected chi connectivity index (χ1v) is 7.09. The molecule has 8 heteroatoms. The second-order valence-corrected chi connectivity index (χ2v) is 5.72. The Morgan fingerprint density at radius 2 is 1.81 bits per heavy atom. The van der Waals surface area contributed by atoms with E-state index in [0.717, 1.165) is 12.1 Å². The van der Waals surface area contributed by atoms with Crippen molar-refractivity contribution >= 4 is 21.7 Å². The maximum Gasteiger partial charge on any atom is 0.335 e. The standard InChI is InChI=1S/C13H9F2NO4S/c14-9-4-5-11(15)12(7-9)21(19,20)16-10-3-1-2-8(6-10)13(17)18/h1-7,16H,(H,17,18). The first kappa shape index (κ1) is 14.9. The van der Waals surface area contributed by atoms with Gasteiger partial charge in [0, 0.05) is 5.69 Å². The van der Waals surface area contributed by atoms with Crippen LogP contribution in [0.1, 0.15) is 10.4 Å². The lowest BCUT2D eigenvalue weighted by Crippen LogP contribution is -2.15. The van der Waals surface area contributed by atoms with E-state index in [9.17, 15) is 22.0 Å². The molecule has 0 radical (unpaired) electrons. The molecule has 5 nitrogen and oxygen atoms in total. The minimum Gasteiger partial charge on any atom is -0.478 e. The monoisotopic (exact) mass is 313 g/mol. The molecular formula is C13H9F2NO4S. The number of benzene rings is 2. The summed E-state index contributed by atoms with van der Waals surface area (Å²) in [4.78, 5) is 9.94. The van der Waals surface area contributed by atoms with Crippen molar-refractivity contribution in [2.24, 2.45) is 0 Å². The highest BCUT2D eigenvalue weighted by Gasteiger charge is 2.20. The largest absolute Gasteiger partial charge is 0.478 e. The van der Waals surface area contributed by atoms with E-state index in [0.29, 0.717) is 12.1 Å². The van der Waals surface area contributed by atoms with Gasteiger partial charge in [0.15, 0.2) is 0 Å². The molecule has 110 valence electrons. The number of halogens is 2. The summed E-state index contributed by atoms with van der Waals surface area (Å²) < 4.78 is 52.5. The summed E-state index contributed by atoms with van der Waals surface area (Å²) in [6, 6.07) is 6.97. The normalized spacial score (nSPS) is 11.1. The van der Waals surface area contributed by atoms with E-state index in [4.69, 9.17) is 5.11 Å². The maximum absolute atomic E-state index is 13.5. The maximum atomic E-state index is 13.5. The fourth-order valence-corrected chi connectivity index (χ4v) is 2.75. The van der Waals surface area contributed by atoms with Gasteiger partial charge in [-0.2, -0.15) is 0 Å². The van der Waals surface area contributed by atoms with Gasteiger partial charge in [-0.1, -0.05) is 6.07 Å². The summed E-state index contributed by atoms with van der Waals surface area (Å²) in [7, 11) is -4.37. The van der Waals surface area contributed by atoms with Crippen molar-refractivity contribution in [3.63, 3.8) is 0 Å². The molecule has 2 rings (SSSR count). The Labute approximate surface area is 118 Å². The lowest BCUT2D eigenvalue weighted by molar-refractivity contribution is 0.0697. The molecule has 2 N–H and O–H groups in total. The van der Waals surface area contributed by atoms with Crippen LogP contribution in [0.3, 0.4) is 0 Å². The van der Waals surface area contributed by atoms with Crippen LogP contribution in [0.4, 0.5) is 14.5 Å². The first-order valence-electron chi connectivity index (χ1n) is 5.61. The van der Waals surface area contributed by atoms with Crippen molar-refractivity contribution < 1.29 is 27.1 Å². The molecular weight excluding hydrogens is 304 g/mol. The number of hydrogen-bond acceptors (Lipinski definition) is 3. The average Bonchev–Trinajstić information content (AvgIpc) is 2.41. The van der Waals surface area contributed by atoms with Crippen LogP contribution in [0.2, 0.25) is 0 Å². The molecule has 0 aliphatic carbocycles. The Kier molecular flexibility index (Phi) is 3.90. The number of carboxylic acids is 1. The zero-order valence-corrected chi connectivity index (χ0v) is 11.2. The molecule has 0 spiro atoms. The zero-order chi connectivity index (χ0) is 15.6. The number of sulfonamides is 1. The minimum absolute atomic E-state index is 0.0708. The number of rotatable bonds is 4. The van der Waals surface area contributed by atoms with E-state index in [1.165, 1.54) is 18.2 Å². The number of aromatic carboxylic acids is 1. The van der Waals surface area contributed by atoms with Crippen molar-refractivity contribution in [3.05, 3.63) is 59.7 Å². The third kappa shape index (κ3) is 3.34. The van der Waals surface area contributed by atoms with Crippen LogP contribution in [0, 0.1) is 11.6 Å².